The van der Waals surface area contributed by atoms with Crippen molar-refractivity contribution in [2.24, 2.45) is 0 Å². The van der Waals surface area contributed by atoms with E-state index in [2.05, 4.69) is 5.32 Å². The first-order valence-electron chi connectivity index (χ1n) is 6.86. The van der Waals surface area contributed by atoms with Crippen LogP contribution >= 0.6 is 0 Å². The molecule has 1 fully saturated rings. The maximum atomic E-state index is 11.9. The van der Waals surface area contributed by atoms with Gasteiger partial charge < -0.3 is 10.1 Å². The summed E-state index contributed by atoms with van der Waals surface area (Å²) in [6, 6.07) is 7.46. The van der Waals surface area contributed by atoms with Crippen LogP contribution in [0.3, 0.4) is 0 Å². The summed E-state index contributed by atoms with van der Waals surface area (Å²) in [7, 11) is 0. The highest BCUT2D eigenvalue weighted by Gasteiger charge is 2.17. The number of carbonyl (C=O) groups is 1. The number of nitro groups is 1. The minimum Gasteiger partial charge on any atom is -0.376 e. The number of amides is 1. The molecule has 0 aliphatic carbocycles. The van der Waals surface area contributed by atoms with Crippen molar-refractivity contribution in [2.45, 2.75) is 18.9 Å². The molecule has 7 heteroatoms. The van der Waals surface area contributed by atoms with Gasteiger partial charge in [-0.05, 0) is 36.6 Å². The zero-order valence-electron chi connectivity index (χ0n) is 11.8. The van der Waals surface area contributed by atoms with Crippen molar-refractivity contribution < 1.29 is 14.5 Å². The Hall–Kier alpha value is -2.72. The minimum absolute atomic E-state index is 0.00303. The van der Waals surface area contributed by atoms with Crippen LogP contribution in [-0.4, -0.2) is 30.1 Å². The van der Waals surface area contributed by atoms with Gasteiger partial charge in [0, 0.05) is 25.3 Å². The monoisotopic (exact) mass is 301 g/mol. The van der Waals surface area contributed by atoms with Gasteiger partial charge in [0.1, 0.15) is 11.6 Å². The number of nitriles is 1. The zero-order valence-corrected chi connectivity index (χ0v) is 11.8. The van der Waals surface area contributed by atoms with E-state index in [0.717, 1.165) is 12.8 Å². The van der Waals surface area contributed by atoms with Crippen LogP contribution in [0.2, 0.25) is 0 Å². The lowest BCUT2D eigenvalue weighted by molar-refractivity contribution is -0.384. The normalized spacial score (nSPS) is 17.8. The van der Waals surface area contributed by atoms with Crippen LogP contribution in [0.4, 0.5) is 5.69 Å². The Morgan fingerprint density at radius 3 is 2.77 bits per heavy atom. The summed E-state index contributed by atoms with van der Waals surface area (Å²) >= 11 is 0. The SMILES string of the molecule is N#C/C(=C\c1ccc([N+](=O)[O-])cc1)C(=O)NC[C@H]1CCCO1. The molecule has 0 radical (unpaired) electrons. The van der Waals surface area contributed by atoms with Gasteiger partial charge in [0.25, 0.3) is 11.6 Å². The van der Waals surface area contributed by atoms with Crippen molar-refractivity contribution in [1.29, 1.82) is 5.26 Å². The average Bonchev–Trinajstić information content (AvgIpc) is 3.04. The first-order valence-corrected chi connectivity index (χ1v) is 6.86. The molecule has 0 saturated carbocycles. The van der Waals surface area contributed by atoms with Gasteiger partial charge in [-0.1, -0.05) is 0 Å². The fourth-order valence-electron chi connectivity index (χ4n) is 2.11. The molecule has 1 aromatic rings. The molecule has 114 valence electrons. The van der Waals surface area contributed by atoms with Crippen molar-refractivity contribution in [3.05, 3.63) is 45.5 Å². The average molecular weight is 301 g/mol. The molecular weight excluding hydrogens is 286 g/mol. The molecule has 0 bridgehead atoms. The van der Waals surface area contributed by atoms with Crippen molar-refractivity contribution in [2.75, 3.05) is 13.2 Å². The Morgan fingerprint density at radius 1 is 1.50 bits per heavy atom. The van der Waals surface area contributed by atoms with E-state index in [4.69, 9.17) is 10.00 Å². The molecule has 1 saturated heterocycles. The molecule has 1 N–H and O–H groups in total. The number of benzene rings is 1. The summed E-state index contributed by atoms with van der Waals surface area (Å²) in [5, 5.41) is 22.3. The first kappa shape index (κ1) is 15.7. The Balaban J connectivity index is 2.01. The number of nitrogens with zero attached hydrogens (tertiary/aromatic N) is 2. The largest absolute Gasteiger partial charge is 0.376 e. The highest BCUT2D eigenvalue weighted by molar-refractivity contribution is 6.01. The number of rotatable bonds is 5. The van der Waals surface area contributed by atoms with Gasteiger partial charge in [0.2, 0.25) is 0 Å². The molecule has 2 rings (SSSR count). The van der Waals surface area contributed by atoms with Gasteiger partial charge in [-0.15, -0.1) is 0 Å². The van der Waals surface area contributed by atoms with Crippen LogP contribution in [0.25, 0.3) is 6.08 Å². The second kappa shape index (κ2) is 7.33. The lowest BCUT2D eigenvalue weighted by atomic mass is 10.1. The van der Waals surface area contributed by atoms with E-state index in [1.807, 2.05) is 6.07 Å². The van der Waals surface area contributed by atoms with Gasteiger partial charge in [-0.3, -0.25) is 14.9 Å². The molecule has 0 spiro atoms. The van der Waals surface area contributed by atoms with Gasteiger partial charge in [-0.25, -0.2) is 0 Å². The fraction of sp³-hybridized carbons (Fsp3) is 0.333. The maximum absolute atomic E-state index is 11.9. The lowest BCUT2D eigenvalue weighted by Gasteiger charge is -2.10. The minimum atomic E-state index is -0.507. The second-order valence-corrected chi connectivity index (χ2v) is 4.86. The molecule has 1 aliphatic rings. The standard InChI is InChI=1S/C15H15N3O4/c16-9-12(15(19)17-10-14-2-1-7-22-14)8-11-3-5-13(6-4-11)18(20)21/h3-6,8,14H,1-2,7,10H2,(H,17,19)/b12-8+/t14-/m1/s1. The van der Waals surface area contributed by atoms with Crippen LogP contribution in [0.15, 0.2) is 29.8 Å². The summed E-state index contributed by atoms with van der Waals surface area (Å²) < 4.78 is 5.39. The van der Waals surface area contributed by atoms with Gasteiger partial charge in [0.05, 0.1) is 11.0 Å². The van der Waals surface area contributed by atoms with E-state index >= 15 is 0 Å². The van der Waals surface area contributed by atoms with Crippen molar-refractivity contribution in [1.82, 2.24) is 5.32 Å². The molecule has 22 heavy (non-hydrogen) atoms. The molecule has 1 amide bonds. The summed E-state index contributed by atoms with van der Waals surface area (Å²) in [5.74, 6) is -0.476. The van der Waals surface area contributed by atoms with Gasteiger partial charge >= 0.3 is 0 Å². The van der Waals surface area contributed by atoms with Crippen LogP contribution < -0.4 is 5.32 Å². The lowest BCUT2D eigenvalue weighted by Crippen LogP contribution is -2.32. The van der Waals surface area contributed by atoms with E-state index in [9.17, 15) is 14.9 Å². The number of ether oxygens (including phenoxy) is 1. The molecule has 0 aromatic heterocycles. The van der Waals surface area contributed by atoms with Crippen LogP contribution in [0.1, 0.15) is 18.4 Å². The predicted octanol–water partition coefficient (Wildman–Crippen LogP) is 1.80. The Bertz CT molecular complexity index is 625. The number of nitrogens with one attached hydrogen (secondary N) is 1. The summed E-state index contributed by atoms with van der Waals surface area (Å²) in [6.45, 7) is 1.07. The number of hydrogen-bond donors (Lipinski definition) is 1. The molecule has 1 atom stereocenters. The van der Waals surface area contributed by atoms with E-state index < -0.39 is 10.8 Å². The molecule has 0 unspecified atom stereocenters. The number of non-ortho nitro benzene ring substituents is 1. The third-order valence-corrected chi connectivity index (χ3v) is 3.29. The van der Waals surface area contributed by atoms with Crippen LogP contribution in [0, 0.1) is 21.4 Å². The van der Waals surface area contributed by atoms with E-state index in [-0.39, 0.29) is 17.4 Å². The van der Waals surface area contributed by atoms with Crippen molar-refractivity contribution in [3.8, 4) is 6.07 Å². The highest BCUT2D eigenvalue weighted by atomic mass is 16.6. The maximum Gasteiger partial charge on any atom is 0.269 e. The summed E-state index contributed by atoms with van der Waals surface area (Å²) in [4.78, 5) is 22.0. The molecular formula is C15H15N3O4. The van der Waals surface area contributed by atoms with Gasteiger partial charge in [-0.2, -0.15) is 5.26 Å². The molecule has 1 aromatic carbocycles. The number of nitro benzene ring substituents is 1. The number of hydrogen-bond acceptors (Lipinski definition) is 5. The van der Waals surface area contributed by atoms with E-state index in [0.29, 0.717) is 18.7 Å². The smallest absolute Gasteiger partial charge is 0.269 e. The quantitative estimate of drug-likeness (QED) is 0.386. The highest BCUT2D eigenvalue weighted by Crippen LogP contribution is 2.15. The third-order valence-electron chi connectivity index (χ3n) is 3.29. The Kier molecular flexibility index (Phi) is 5.22. The topological polar surface area (TPSA) is 105 Å². The Morgan fingerprint density at radius 2 is 2.23 bits per heavy atom. The molecule has 1 heterocycles. The third kappa shape index (κ3) is 4.14. The Labute approximate surface area is 127 Å². The van der Waals surface area contributed by atoms with Crippen LogP contribution in [-0.2, 0) is 9.53 Å². The molecule has 1 aliphatic heterocycles. The van der Waals surface area contributed by atoms with Crippen molar-refractivity contribution >= 4 is 17.7 Å². The van der Waals surface area contributed by atoms with E-state index in [1.165, 1.54) is 30.3 Å². The second-order valence-electron chi connectivity index (χ2n) is 4.86. The zero-order chi connectivity index (χ0) is 15.9. The van der Waals surface area contributed by atoms with E-state index in [1.54, 1.807) is 0 Å². The molecule has 7 nitrogen and oxygen atoms in total. The number of carbonyl (C=O) groups excluding carboxylic acids is 1. The summed E-state index contributed by atoms with van der Waals surface area (Å²) in [6.07, 6.45) is 3.27. The van der Waals surface area contributed by atoms with Crippen LogP contribution in [0.5, 0.6) is 0 Å². The fourth-order valence-corrected chi connectivity index (χ4v) is 2.11. The first-order chi connectivity index (χ1) is 10.6. The summed E-state index contributed by atoms with van der Waals surface area (Å²) in [5.41, 5.74) is 0.458. The van der Waals surface area contributed by atoms with Crippen molar-refractivity contribution in [3.63, 3.8) is 0 Å². The van der Waals surface area contributed by atoms with Gasteiger partial charge in [0.15, 0.2) is 0 Å². The predicted molar refractivity (Wildman–Crippen MR) is 78.7 cm³/mol.